The highest BCUT2D eigenvalue weighted by molar-refractivity contribution is 5.63. The fraction of sp³-hybridized carbons (Fsp3) is 0.500. The number of carbonyl (C=O) groups is 1. The van der Waals surface area contributed by atoms with Gasteiger partial charge in [0, 0.05) is 5.92 Å². The molecule has 0 amide bonds. The Bertz CT molecular complexity index is 419. The summed E-state index contributed by atoms with van der Waals surface area (Å²) in [6, 6.07) is 5.15. The number of carbonyl (C=O) groups excluding carboxylic acids is 1. The predicted molar refractivity (Wildman–Crippen MR) is 62.2 cm³/mol. The van der Waals surface area contributed by atoms with Gasteiger partial charge in [0.1, 0.15) is 6.29 Å². The number of rotatable bonds is 3. The number of aldehydes is 1. The standard InChI is InChI=1S/C14H15F3O/c15-14(16,17)12-7-3-6-11(8-12)13(9-18)10-4-1-2-5-10/h3,6-10,13H,1-2,4-5H2. The van der Waals surface area contributed by atoms with Gasteiger partial charge in [-0.15, -0.1) is 0 Å². The van der Waals surface area contributed by atoms with Crippen LogP contribution in [0, 0.1) is 5.92 Å². The number of hydrogen-bond acceptors (Lipinski definition) is 1. The molecule has 1 aliphatic carbocycles. The summed E-state index contributed by atoms with van der Waals surface area (Å²) in [5, 5.41) is 0. The van der Waals surface area contributed by atoms with Gasteiger partial charge in [-0.3, -0.25) is 0 Å². The lowest BCUT2D eigenvalue weighted by Crippen LogP contribution is -2.13. The molecule has 0 aromatic heterocycles. The van der Waals surface area contributed by atoms with E-state index in [2.05, 4.69) is 0 Å². The van der Waals surface area contributed by atoms with Crippen LogP contribution in [0.4, 0.5) is 13.2 Å². The largest absolute Gasteiger partial charge is 0.416 e. The first-order valence-corrected chi connectivity index (χ1v) is 6.15. The number of alkyl halides is 3. The summed E-state index contributed by atoms with van der Waals surface area (Å²) in [4.78, 5) is 11.2. The van der Waals surface area contributed by atoms with Crippen LogP contribution in [0.1, 0.15) is 42.7 Å². The molecule has 1 fully saturated rings. The van der Waals surface area contributed by atoms with Gasteiger partial charge in [-0.05, 0) is 30.4 Å². The highest BCUT2D eigenvalue weighted by atomic mass is 19.4. The molecule has 1 aliphatic rings. The average Bonchev–Trinajstić information content (AvgIpc) is 2.83. The second-order valence-corrected chi connectivity index (χ2v) is 4.83. The molecule has 1 atom stereocenters. The third-order valence-corrected chi connectivity index (χ3v) is 3.65. The predicted octanol–water partition coefficient (Wildman–Crippen LogP) is 4.18. The maximum Gasteiger partial charge on any atom is 0.416 e. The summed E-state index contributed by atoms with van der Waals surface area (Å²) in [5.41, 5.74) is -0.184. The summed E-state index contributed by atoms with van der Waals surface area (Å²) < 4.78 is 37.9. The second kappa shape index (κ2) is 5.12. The molecule has 98 valence electrons. The minimum absolute atomic E-state index is 0.200. The summed E-state index contributed by atoms with van der Waals surface area (Å²) in [6.07, 6.45) is 0.436. The van der Waals surface area contributed by atoms with E-state index in [-0.39, 0.29) is 5.92 Å². The topological polar surface area (TPSA) is 17.1 Å². The summed E-state index contributed by atoms with van der Waals surface area (Å²) in [7, 11) is 0. The number of halogens is 3. The number of hydrogen-bond donors (Lipinski definition) is 0. The summed E-state index contributed by atoms with van der Waals surface area (Å²) in [5.74, 6) is -0.194. The van der Waals surface area contributed by atoms with Crippen molar-refractivity contribution in [2.24, 2.45) is 5.92 Å². The van der Waals surface area contributed by atoms with Crippen molar-refractivity contribution in [3.05, 3.63) is 35.4 Å². The normalized spacial score (nSPS) is 18.8. The van der Waals surface area contributed by atoms with Gasteiger partial charge in [-0.25, -0.2) is 0 Å². The van der Waals surface area contributed by atoms with Gasteiger partial charge < -0.3 is 4.79 Å². The molecule has 0 heterocycles. The lowest BCUT2D eigenvalue weighted by Gasteiger charge is -2.19. The van der Waals surface area contributed by atoms with Gasteiger partial charge in [0.25, 0.3) is 0 Å². The Balaban J connectivity index is 2.28. The zero-order valence-corrected chi connectivity index (χ0v) is 9.91. The van der Waals surface area contributed by atoms with E-state index in [4.69, 9.17) is 0 Å². The van der Waals surface area contributed by atoms with E-state index < -0.39 is 17.7 Å². The summed E-state index contributed by atoms with van der Waals surface area (Å²) in [6.45, 7) is 0. The summed E-state index contributed by atoms with van der Waals surface area (Å²) >= 11 is 0. The van der Waals surface area contributed by atoms with Crippen LogP contribution in [0.15, 0.2) is 24.3 Å². The van der Waals surface area contributed by atoms with E-state index in [0.717, 1.165) is 44.1 Å². The fourth-order valence-corrected chi connectivity index (χ4v) is 2.70. The van der Waals surface area contributed by atoms with Crippen LogP contribution in [-0.4, -0.2) is 6.29 Å². The van der Waals surface area contributed by atoms with Crippen LogP contribution in [0.5, 0.6) is 0 Å². The van der Waals surface area contributed by atoms with Crippen molar-refractivity contribution < 1.29 is 18.0 Å². The molecule has 1 aromatic carbocycles. The maximum atomic E-state index is 12.6. The van der Waals surface area contributed by atoms with Crippen LogP contribution in [-0.2, 0) is 11.0 Å². The van der Waals surface area contributed by atoms with Crippen molar-refractivity contribution in [1.29, 1.82) is 0 Å². The van der Waals surface area contributed by atoms with E-state index >= 15 is 0 Å². The molecule has 4 heteroatoms. The van der Waals surface area contributed by atoms with Crippen LogP contribution >= 0.6 is 0 Å². The Labute approximate surface area is 104 Å². The molecule has 0 saturated heterocycles. The molecule has 1 saturated carbocycles. The SMILES string of the molecule is O=CC(c1cccc(C(F)(F)F)c1)C1CCCC1. The van der Waals surface area contributed by atoms with E-state index in [9.17, 15) is 18.0 Å². The quantitative estimate of drug-likeness (QED) is 0.741. The van der Waals surface area contributed by atoms with E-state index in [0.29, 0.717) is 5.56 Å². The molecule has 0 bridgehead atoms. The number of benzene rings is 1. The average molecular weight is 256 g/mol. The van der Waals surface area contributed by atoms with E-state index in [1.54, 1.807) is 6.07 Å². The Morgan fingerprint density at radius 3 is 2.44 bits per heavy atom. The second-order valence-electron chi connectivity index (χ2n) is 4.83. The molecular weight excluding hydrogens is 241 g/mol. The minimum atomic E-state index is -4.35. The smallest absolute Gasteiger partial charge is 0.303 e. The van der Waals surface area contributed by atoms with Gasteiger partial charge in [-0.1, -0.05) is 31.0 Å². The van der Waals surface area contributed by atoms with Gasteiger partial charge in [-0.2, -0.15) is 13.2 Å². The van der Waals surface area contributed by atoms with Gasteiger partial charge in [0.2, 0.25) is 0 Å². The first kappa shape index (κ1) is 13.1. The van der Waals surface area contributed by atoms with Crippen molar-refractivity contribution in [2.45, 2.75) is 37.8 Å². The lowest BCUT2D eigenvalue weighted by atomic mass is 9.85. The third kappa shape index (κ3) is 2.74. The lowest BCUT2D eigenvalue weighted by molar-refractivity contribution is -0.137. The van der Waals surface area contributed by atoms with E-state index in [1.165, 1.54) is 6.07 Å². The fourth-order valence-electron chi connectivity index (χ4n) is 2.70. The van der Waals surface area contributed by atoms with Gasteiger partial charge in [0.05, 0.1) is 5.56 Å². The van der Waals surface area contributed by atoms with Crippen LogP contribution in [0.25, 0.3) is 0 Å². The van der Waals surface area contributed by atoms with Crippen molar-refractivity contribution in [3.63, 3.8) is 0 Å². The monoisotopic (exact) mass is 256 g/mol. The molecular formula is C14H15F3O. The van der Waals surface area contributed by atoms with Crippen molar-refractivity contribution in [2.75, 3.05) is 0 Å². The van der Waals surface area contributed by atoms with Gasteiger partial charge in [0.15, 0.2) is 0 Å². The maximum absolute atomic E-state index is 12.6. The van der Waals surface area contributed by atoms with E-state index in [1.807, 2.05) is 0 Å². The molecule has 0 radical (unpaired) electrons. The van der Waals surface area contributed by atoms with Crippen LogP contribution < -0.4 is 0 Å². The zero-order valence-electron chi connectivity index (χ0n) is 9.91. The van der Waals surface area contributed by atoms with Crippen LogP contribution in [0.2, 0.25) is 0 Å². The van der Waals surface area contributed by atoms with Crippen molar-refractivity contribution in [1.82, 2.24) is 0 Å². The molecule has 0 aliphatic heterocycles. The molecule has 1 unspecified atom stereocenters. The molecule has 0 spiro atoms. The molecule has 0 N–H and O–H groups in total. The molecule has 1 aromatic rings. The van der Waals surface area contributed by atoms with Gasteiger partial charge >= 0.3 is 6.18 Å². The van der Waals surface area contributed by atoms with Crippen LogP contribution in [0.3, 0.4) is 0 Å². The molecule has 2 rings (SSSR count). The Hall–Kier alpha value is -1.32. The highest BCUT2D eigenvalue weighted by Crippen LogP contribution is 2.38. The zero-order chi connectivity index (χ0) is 13.2. The minimum Gasteiger partial charge on any atom is -0.303 e. The Morgan fingerprint density at radius 2 is 1.89 bits per heavy atom. The highest BCUT2D eigenvalue weighted by Gasteiger charge is 2.32. The Morgan fingerprint density at radius 1 is 1.22 bits per heavy atom. The van der Waals surface area contributed by atoms with Crippen molar-refractivity contribution >= 4 is 6.29 Å². The first-order chi connectivity index (χ1) is 8.52. The molecule has 1 nitrogen and oxygen atoms in total. The van der Waals surface area contributed by atoms with Crippen molar-refractivity contribution in [3.8, 4) is 0 Å². The third-order valence-electron chi connectivity index (χ3n) is 3.65. The molecule has 18 heavy (non-hydrogen) atoms. The first-order valence-electron chi connectivity index (χ1n) is 6.15. The Kier molecular flexibility index (Phi) is 3.73.